The number of rotatable bonds is 3. The van der Waals surface area contributed by atoms with Crippen molar-refractivity contribution in [2.24, 2.45) is 11.8 Å². The summed E-state index contributed by atoms with van der Waals surface area (Å²) in [5, 5.41) is 11.3. The average Bonchev–Trinajstić information content (AvgIpc) is 2.44. The van der Waals surface area contributed by atoms with Crippen molar-refractivity contribution in [2.75, 3.05) is 25.1 Å². The van der Waals surface area contributed by atoms with Crippen LogP contribution in [0.1, 0.15) is 30.6 Å². The first-order chi connectivity index (χ1) is 9.92. The van der Waals surface area contributed by atoms with Crippen LogP contribution in [-0.2, 0) is 4.74 Å². The summed E-state index contributed by atoms with van der Waals surface area (Å²) in [4.78, 5) is 24.4. The molecule has 1 aromatic carbocycles. The molecule has 114 valence electrons. The Morgan fingerprint density at radius 2 is 1.95 bits per heavy atom. The lowest BCUT2D eigenvalue weighted by Crippen LogP contribution is -2.39. The maximum Gasteiger partial charge on any atom is 0.338 e. The number of nitro groups is 1. The summed E-state index contributed by atoms with van der Waals surface area (Å²) in [6, 6.07) is 4.53. The van der Waals surface area contributed by atoms with Gasteiger partial charge in [-0.1, -0.05) is 13.8 Å². The Kier molecular flexibility index (Phi) is 4.45. The van der Waals surface area contributed by atoms with Gasteiger partial charge in [-0.3, -0.25) is 10.1 Å². The van der Waals surface area contributed by atoms with Crippen LogP contribution in [0.5, 0.6) is 0 Å². The molecular weight excluding hydrogens is 272 g/mol. The molecule has 0 aromatic heterocycles. The molecule has 0 amide bonds. The monoisotopic (exact) mass is 292 g/mol. The van der Waals surface area contributed by atoms with Crippen molar-refractivity contribution < 1.29 is 14.5 Å². The molecule has 2 rings (SSSR count). The number of esters is 1. The van der Waals surface area contributed by atoms with Crippen LogP contribution in [0, 0.1) is 22.0 Å². The number of ether oxygens (including phenoxy) is 1. The summed E-state index contributed by atoms with van der Waals surface area (Å²) in [5.41, 5.74) is 0.733. The molecular formula is C15H20N2O4. The van der Waals surface area contributed by atoms with E-state index in [1.54, 1.807) is 12.1 Å². The molecule has 1 saturated heterocycles. The predicted octanol–water partition coefficient (Wildman–Crippen LogP) is 2.86. The van der Waals surface area contributed by atoms with Crippen molar-refractivity contribution in [3.8, 4) is 0 Å². The number of nitro benzene ring substituents is 1. The number of hydrogen-bond acceptors (Lipinski definition) is 5. The molecule has 1 aromatic rings. The van der Waals surface area contributed by atoms with Gasteiger partial charge in [-0.2, -0.15) is 0 Å². The Labute approximate surface area is 123 Å². The molecule has 0 bridgehead atoms. The smallest absolute Gasteiger partial charge is 0.338 e. The third kappa shape index (κ3) is 3.32. The Morgan fingerprint density at radius 3 is 2.48 bits per heavy atom. The van der Waals surface area contributed by atoms with E-state index in [9.17, 15) is 14.9 Å². The number of carbonyl (C=O) groups excluding carboxylic acids is 1. The Morgan fingerprint density at radius 1 is 1.33 bits per heavy atom. The van der Waals surface area contributed by atoms with Gasteiger partial charge in [-0.25, -0.2) is 4.79 Å². The van der Waals surface area contributed by atoms with Crippen LogP contribution in [0.15, 0.2) is 18.2 Å². The van der Waals surface area contributed by atoms with Gasteiger partial charge in [0.25, 0.3) is 5.69 Å². The summed E-state index contributed by atoms with van der Waals surface area (Å²) in [7, 11) is 1.26. The molecule has 0 saturated carbocycles. The fourth-order valence-electron chi connectivity index (χ4n) is 3.04. The van der Waals surface area contributed by atoms with Gasteiger partial charge < -0.3 is 9.64 Å². The molecule has 1 aliphatic heterocycles. The third-order valence-electron chi connectivity index (χ3n) is 3.80. The van der Waals surface area contributed by atoms with Crippen molar-refractivity contribution in [3.63, 3.8) is 0 Å². The number of nitrogens with zero attached hydrogens (tertiary/aromatic N) is 2. The lowest BCUT2D eigenvalue weighted by atomic mass is 9.91. The van der Waals surface area contributed by atoms with E-state index in [2.05, 4.69) is 18.6 Å². The molecule has 21 heavy (non-hydrogen) atoms. The van der Waals surface area contributed by atoms with E-state index < -0.39 is 10.9 Å². The van der Waals surface area contributed by atoms with Gasteiger partial charge in [0.2, 0.25) is 0 Å². The topological polar surface area (TPSA) is 72.7 Å². The lowest BCUT2D eigenvalue weighted by molar-refractivity contribution is -0.384. The van der Waals surface area contributed by atoms with Crippen LogP contribution in [0.4, 0.5) is 11.4 Å². The zero-order valence-electron chi connectivity index (χ0n) is 12.5. The van der Waals surface area contributed by atoms with Crippen molar-refractivity contribution in [2.45, 2.75) is 20.3 Å². The second-order valence-electron chi connectivity index (χ2n) is 5.80. The van der Waals surface area contributed by atoms with Gasteiger partial charge >= 0.3 is 5.97 Å². The minimum atomic E-state index is -0.565. The minimum Gasteiger partial charge on any atom is -0.465 e. The average molecular weight is 292 g/mol. The molecule has 0 unspecified atom stereocenters. The highest BCUT2D eigenvalue weighted by atomic mass is 16.6. The molecule has 0 aliphatic carbocycles. The van der Waals surface area contributed by atoms with Crippen molar-refractivity contribution >= 4 is 17.3 Å². The van der Waals surface area contributed by atoms with Gasteiger partial charge in [0.15, 0.2) is 0 Å². The number of benzene rings is 1. The highest BCUT2D eigenvalue weighted by Gasteiger charge is 2.27. The summed E-state index contributed by atoms with van der Waals surface area (Å²) in [6.45, 7) is 5.89. The molecule has 2 atom stereocenters. The first-order valence-corrected chi connectivity index (χ1v) is 7.04. The van der Waals surface area contributed by atoms with E-state index in [1.807, 2.05) is 4.90 Å². The normalized spacial score (nSPS) is 22.0. The largest absolute Gasteiger partial charge is 0.465 e. The number of hydrogen-bond donors (Lipinski definition) is 0. The molecule has 1 aliphatic rings. The van der Waals surface area contributed by atoms with Crippen LogP contribution >= 0.6 is 0 Å². The summed E-state index contributed by atoms with van der Waals surface area (Å²) in [5.74, 6) is 0.423. The molecule has 6 heteroatoms. The quantitative estimate of drug-likeness (QED) is 0.486. The number of methoxy groups -OCH3 is 1. The van der Waals surface area contributed by atoms with Crippen LogP contribution in [0.25, 0.3) is 0 Å². The van der Waals surface area contributed by atoms with Crippen molar-refractivity contribution in [3.05, 3.63) is 33.9 Å². The van der Waals surface area contributed by atoms with Crippen LogP contribution in [0.3, 0.4) is 0 Å². The predicted molar refractivity (Wildman–Crippen MR) is 79.6 cm³/mol. The Balaban J connectivity index is 2.38. The molecule has 0 spiro atoms. The van der Waals surface area contributed by atoms with Gasteiger partial charge in [-0.15, -0.1) is 0 Å². The van der Waals surface area contributed by atoms with E-state index in [0.717, 1.165) is 19.5 Å². The standard InChI is InChI=1S/C15H20N2O4/c1-10-6-11(2)9-16(8-10)13-5-4-12(15(18)21-3)7-14(13)17(19)20/h4-5,7,10-11H,6,8-9H2,1-3H3/t10-,11+. The third-order valence-corrected chi connectivity index (χ3v) is 3.80. The second kappa shape index (κ2) is 6.11. The van der Waals surface area contributed by atoms with Crippen LogP contribution < -0.4 is 4.90 Å². The van der Waals surface area contributed by atoms with E-state index in [0.29, 0.717) is 17.5 Å². The van der Waals surface area contributed by atoms with Crippen molar-refractivity contribution in [1.82, 2.24) is 0 Å². The first kappa shape index (κ1) is 15.3. The molecule has 1 heterocycles. The number of carbonyl (C=O) groups is 1. The van der Waals surface area contributed by atoms with Gasteiger partial charge in [0.05, 0.1) is 17.6 Å². The maximum atomic E-state index is 11.5. The van der Waals surface area contributed by atoms with E-state index in [1.165, 1.54) is 13.2 Å². The van der Waals surface area contributed by atoms with Crippen molar-refractivity contribution in [1.29, 1.82) is 0 Å². The van der Waals surface area contributed by atoms with Crippen LogP contribution in [-0.4, -0.2) is 31.1 Å². The van der Waals surface area contributed by atoms with Gasteiger partial charge in [-0.05, 0) is 30.4 Å². The number of piperidine rings is 1. The highest BCUT2D eigenvalue weighted by Crippen LogP contribution is 2.33. The Hall–Kier alpha value is -2.11. The fraction of sp³-hybridized carbons (Fsp3) is 0.533. The van der Waals surface area contributed by atoms with Gasteiger partial charge in [0, 0.05) is 19.2 Å². The van der Waals surface area contributed by atoms with Crippen LogP contribution in [0.2, 0.25) is 0 Å². The summed E-state index contributed by atoms with van der Waals surface area (Å²) >= 11 is 0. The van der Waals surface area contributed by atoms with Gasteiger partial charge in [0.1, 0.15) is 5.69 Å². The lowest BCUT2D eigenvalue weighted by Gasteiger charge is -2.36. The molecule has 0 N–H and O–H groups in total. The number of anilines is 1. The molecule has 6 nitrogen and oxygen atoms in total. The second-order valence-corrected chi connectivity index (χ2v) is 5.80. The minimum absolute atomic E-state index is 0.0424. The summed E-state index contributed by atoms with van der Waals surface area (Å²) < 4.78 is 4.62. The highest BCUT2D eigenvalue weighted by molar-refractivity contribution is 5.91. The fourth-order valence-corrected chi connectivity index (χ4v) is 3.04. The zero-order chi connectivity index (χ0) is 15.6. The van der Waals surface area contributed by atoms with E-state index >= 15 is 0 Å². The summed E-state index contributed by atoms with van der Waals surface area (Å²) in [6.07, 6.45) is 1.13. The maximum absolute atomic E-state index is 11.5. The molecule has 0 radical (unpaired) electrons. The molecule has 1 fully saturated rings. The Bertz CT molecular complexity index is 549. The SMILES string of the molecule is COC(=O)c1ccc(N2C[C@H](C)C[C@H](C)C2)c([N+](=O)[O-])c1. The zero-order valence-corrected chi connectivity index (χ0v) is 12.5. The van der Waals surface area contributed by atoms with E-state index in [-0.39, 0.29) is 11.3 Å². The first-order valence-electron chi connectivity index (χ1n) is 7.04. The van der Waals surface area contributed by atoms with E-state index in [4.69, 9.17) is 0 Å².